The average molecular weight is 488 g/mol. The van der Waals surface area contributed by atoms with E-state index in [4.69, 9.17) is 9.47 Å². The largest absolute Gasteiger partial charge is 0.497 e. The summed E-state index contributed by atoms with van der Waals surface area (Å²) in [5.74, 6) is 0.647. The van der Waals surface area contributed by atoms with Gasteiger partial charge in [-0.15, -0.1) is 0 Å². The Morgan fingerprint density at radius 2 is 1.82 bits per heavy atom. The highest BCUT2D eigenvalue weighted by atomic mass is 32.2. The van der Waals surface area contributed by atoms with Gasteiger partial charge in [0.1, 0.15) is 11.5 Å². The van der Waals surface area contributed by atoms with E-state index in [2.05, 4.69) is 10.2 Å². The fourth-order valence-electron chi connectivity index (χ4n) is 4.23. The first kappa shape index (κ1) is 23.9. The number of anilines is 2. The number of nitrogens with one attached hydrogen (secondary N) is 1. The molecule has 2 heterocycles. The highest BCUT2D eigenvalue weighted by molar-refractivity contribution is 7.92. The molecule has 0 aromatic heterocycles. The van der Waals surface area contributed by atoms with Crippen LogP contribution in [0.5, 0.6) is 11.5 Å². The second kappa shape index (κ2) is 9.54. The van der Waals surface area contributed by atoms with E-state index in [1.54, 1.807) is 31.9 Å². The summed E-state index contributed by atoms with van der Waals surface area (Å²) < 4.78 is 37.1. The van der Waals surface area contributed by atoms with Crippen molar-refractivity contribution in [2.75, 3.05) is 50.1 Å². The molecule has 1 N–H and O–H groups in total. The Bertz CT molecular complexity index is 1190. The van der Waals surface area contributed by atoms with Gasteiger partial charge in [-0.25, -0.2) is 8.42 Å². The van der Waals surface area contributed by atoms with Crippen LogP contribution in [0.15, 0.2) is 41.3 Å². The summed E-state index contributed by atoms with van der Waals surface area (Å²) >= 11 is 0. The van der Waals surface area contributed by atoms with Crippen molar-refractivity contribution in [3.63, 3.8) is 0 Å². The van der Waals surface area contributed by atoms with Crippen LogP contribution in [0.25, 0.3) is 0 Å². The quantitative estimate of drug-likeness (QED) is 0.666. The molecule has 2 aromatic carbocycles. The summed E-state index contributed by atoms with van der Waals surface area (Å²) in [6, 6.07) is 10.8. The molecule has 0 bridgehead atoms. The Hall–Kier alpha value is -3.27. The molecule has 0 unspecified atom stereocenters. The van der Waals surface area contributed by atoms with Gasteiger partial charge in [0.15, 0.2) is 16.4 Å². The first-order valence-electron chi connectivity index (χ1n) is 11.2. The standard InChI is InChI=1S/C24H29N3O6S/c1-16-12-20-21(33-15-23(28)25-20)14-22(16)34(30,31)17(2)13-24(29)27-10-8-26(9-11-27)18-4-6-19(32-3)7-5-18/h4-7,12,14,17H,8-11,13,15H2,1-3H3,(H,25,28)/t17-/m1/s1. The van der Waals surface area contributed by atoms with E-state index in [9.17, 15) is 18.0 Å². The van der Waals surface area contributed by atoms with E-state index < -0.39 is 15.1 Å². The molecule has 2 aliphatic rings. The van der Waals surface area contributed by atoms with E-state index in [1.165, 1.54) is 6.07 Å². The molecule has 2 aromatic rings. The number of ether oxygens (including phenoxy) is 2. The van der Waals surface area contributed by atoms with Gasteiger partial charge < -0.3 is 24.6 Å². The summed E-state index contributed by atoms with van der Waals surface area (Å²) in [4.78, 5) is 28.5. The van der Waals surface area contributed by atoms with Crippen molar-refractivity contribution in [2.45, 2.75) is 30.4 Å². The first-order valence-corrected chi connectivity index (χ1v) is 12.7. The zero-order valence-electron chi connectivity index (χ0n) is 19.5. The molecular formula is C24H29N3O6S. The third-order valence-electron chi connectivity index (χ3n) is 6.28. The van der Waals surface area contributed by atoms with Gasteiger partial charge in [-0.1, -0.05) is 0 Å². The van der Waals surface area contributed by atoms with Crippen LogP contribution < -0.4 is 19.7 Å². The van der Waals surface area contributed by atoms with E-state index >= 15 is 0 Å². The van der Waals surface area contributed by atoms with Crippen molar-refractivity contribution in [3.8, 4) is 11.5 Å². The summed E-state index contributed by atoms with van der Waals surface area (Å²) in [6.45, 7) is 5.47. The Morgan fingerprint density at radius 3 is 2.47 bits per heavy atom. The Kier molecular flexibility index (Phi) is 6.70. The number of carbonyl (C=O) groups excluding carboxylic acids is 2. The van der Waals surface area contributed by atoms with Crippen molar-refractivity contribution in [2.24, 2.45) is 0 Å². The number of fused-ring (bicyclic) bond motifs is 1. The molecule has 0 saturated carbocycles. The molecular weight excluding hydrogens is 458 g/mol. The van der Waals surface area contributed by atoms with Crippen LogP contribution in [0.2, 0.25) is 0 Å². The number of rotatable bonds is 6. The molecule has 1 saturated heterocycles. The lowest BCUT2D eigenvalue weighted by Crippen LogP contribution is -2.49. The predicted molar refractivity (Wildman–Crippen MR) is 128 cm³/mol. The molecule has 9 nitrogen and oxygen atoms in total. The van der Waals surface area contributed by atoms with Gasteiger partial charge in [-0.3, -0.25) is 9.59 Å². The maximum absolute atomic E-state index is 13.3. The number of nitrogens with zero attached hydrogens (tertiary/aromatic N) is 2. The number of carbonyl (C=O) groups is 2. The van der Waals surface area contributed by atoms with Crippen molar-refractivity contribution in [1.29, 1.82) is 0 Å². The van der Waals surface area contributed by atoms with Gasteiger partial charge in [0.25, 0.3) is 5.91 Å². The minimum absolute atomic E-state index is 0.0982. The van der Waals surface area contributed by atoms with Crippen LogP contribution in [0.4, 0.5) is 11.4 Å². The summed E-state index contributed by atoms with van der Waals surface area (Å²) in [6.07, 6.45) is -0.0982. The van der Waals surface area contributed by atoms with Gasteiger partial charge in [0, 0.05) is 44.4 Å². The second-order valence-electron chi connectivity index (χ2n) is 8.58. The van der Waals surface area contributed by atoms with E-state index in [0.29, 0.717) is 43.2 Å². The molecule has 2 aliphatic heterocycles. The summed E-state index contributed by atoms with van der Waals surface area (Å²) in [5.41, 5.74) is 2.01. The predicted octanol–water partition coefficient (Wildman–Crippen LogP) is 2.24. The molecule has 0 spiro atoms. The highest BCUT2D eigenvalue weighted by Gasteiger charge is 2.31. The lowest BCUT2D eigenvalue weighted by atomic mass is 10.2. The number of hydrogen-bond acceptors (Lipinski definition) is 7. The minimum atomic E-state index is -3.77. The minimum Gasteiger partial charge on any atom is -0.497 e. The normalized spacial score (nSPS) is 16.9. The van der Waals surface area contributed by atoms with Gasteiger partial charge >= 0.3 is 0 Å². The van der Waals surface area contributed by atoms with Gasteiger partial charge in [-0.2, -0.15) is 0 Å². The molecule has 4 rings (SSSR count). The van der Waals surface area contributed by atoms with Crippen molar-refractivity contribution in [3.05, 3.63) is 42.0 Å². The second-order valence-corrected chi connectivity index (χ2v) is 10.9. The number of benzene rings is 2. The fraction of sp³-hybridized carbons (Fsp3) is 0.417. The van der Waals surface area contributed by atoms with Gasteiger partial charge in [0.2, 0.25) is 5.91 Å². The third kappa shape index (κ3) is 4.82. The van der Waals surface area contributed by atoms with Crippen LogP contribution >= 0.6 is 0 Å². The summed E-state index contributed by atoms with van der Waals surface area (Å²) in [7, 11) is -2.15. The molecule has 182 valence electrons. The monoisotopic (exact) mass is 487 g/mol. The van der Waals surface area contributed by atoms with Crippen molar-refractivity contribution >= 4 is 33.0 Å². The molecule has 1 atom stereocenters. The number of piperazine rings is 1. The van der Waals surface area contributed by atoms with Crippen LogP contribution in [0, 0.1) is 6.92 Å². The lowest BCUT2D eigenvalue weighted by molar-refractivity contribution is -0.131. The molecule has 2 amide bonds. The SMILES string of the molecule is COc1ccc(N2CCN(C(=O)C[C@@H](C)S(=O)(=O)c3cc4c(cc3C)NC(=O)CO4)CC2)cc1. The molecule has 10 heteroatoms. The number of amides is 2. The van der Waals surface area contributed by atoms with Crippen LogP contribution in [-0.2, 0) is 19.4 Å². The first-order chi connectivity index (χ1) is 16.2. The molecule has 34 heavy (non-hydrogen) atoms. The lowest BCUT2D eigenvalue weighted by Gasteiger charge is -2.36. The van der Waals surface area contributed by atoms with Gasteiger partial charge in [-0.05, 0) is 49.7 Å². The zero-order valence-corrected chi connectivity index (χ0v) is 20.4. The number of hydrogen-bond donors (Lipinski definition) is 1. The molecule has 0 aliphatic carbocycles. The fourth-order valence-corrected chi connectivity index (χ4v) is 5.81. The molecule has 0 radical (unpaired) electrons. The topological polar surface area (TPSA) is 105 Å². The molecule has 1 fully saturated rings. The smallest absolute Gasteiger partial charge is 0.262 e. The summed E-state index contributed by atoms with van der Waals surface area (Å²) in [5, 5.41) is 1.78. The van der Waals surface area contributed by atoms with Gasteiger partial charge in [0.05, 0.1) is 22.9 Å². The van der Waals surface area contributed by atoms with E-state index in [-0.39, 0.29) is 29.7 Å². The van der Waals surface area contributed by atoms with Crippen LogP contribution in [0.3, 0.4) is 0 Å². The maximum Gasteiger partial charge on any atom is 0.262 e. The average Bonchev–Trinajstić information content (AvgIpc) is 2.83. The van der Waals surface area contributed by atoms with Crippen LogP contribution in [0.1, 0.15) is 18.9 Å². The number of aryl methyl sites for hydroxylation is 1. The van der Waals surface area contributed by atoms with E-state index in [1.807, 2.05) is 24.3 Å². The zero-order chi connectivity index (χ0) is 24.5. The van der Waals surface area contributed by atoms with Crippen molar-refractivity contribution in [1.82, 2.24) is 4.90 Å². The maximum atomic E-state index is 13.3. The number of sulfone groups is 1. The van der Waals surface area contributed by atoms with Crippen molar-refractivity contribution < 1.29 is 27.5 Å². The van der Waals surface area contributed by atoms with E-state index in [0.717, 1.165) is 11.4 Å². The Labute approximate surface area is 199 Å². The highest BCUT2D eigenvalue weighted by Crippen LogP contribution is 2.34. The third-order valence-corrected chi connectivity index (χ3v) is 8.56. The Morgan fingerprint density at radius 1 is 1.15 bits per heavy atom. The number of methoxy groups -OCH3 is 1. The van der Waals surface area contributed by atoms with Crippen LogP contribution in [-0.4, -0.2) is 70.3 Å². The Balaban J connectivity index is 1.39.